The van der Waals surface area contributed by atoms with Gasteiger partial charge in [-0.25, -0.2) is 4.98 Å². The van der Waals surface area contributed by atoms with Gasteiger partial charge in [-0.3, -0.25) is 9.20 Å². The van der Waals surface area contributed by atoms with Crippen LogP contribution in [0.25, 0.3) is 5.65 Å². The molecule has 1 amide bonds. The summed E-state index contributed by atoms with van der Waals surface area (Å²) in [7, 11) is 0. The Kier molecular flexibility index (Phi) is 4.63. The second-order valence-electron chi connectivity index (χ2n) is 5.57. The van der Waals surface area contributed by atoms with E-state index in [0.29, 0.717) is 18.1 Å². The minimum Gasteiger partial charge on any atom is -0.350 e. The zero-order valence-corrected chi connectivity index (χ0v) is 13.7. The molecule has 2 heterocycles. The lowest BCUT2D eigenvalue weighted by Gasteiger charge is -2.04. The van der Waals surface area contributed by atoms with E-state index >= 15 is 0 Å². The molecule has 0 fully saturated rings. The Balaban J connectivity index is 1.53. The molecule has 118 valence electrons. The molecule has 0 bridgehead atoms. The first-order valence-electron chi connectivity index (χ1n) is 7.56. The number of halogens is 1. The summed E-state index contributed by atoms with van der Waals surface area (Å²) in [6.07, 6.45) is 3.05. The van der Waals surface area contributed by atoms with E-state index in [1.165, 1.54) is 11.1 Å². The SMILES string of the molecule is Cc1ccc(CCC(=O)NCc2cn3c(Cl)cccc3n2)cc1. The Morgan fingerprint density at radius 3 is 2.74 bits per heavy atom. The molecule has 0 saturated heterocycles. The van der Waals surface area contributed by atoms with Crippen LogP contribution < -0.4 is 5.32 Å². The highest BCUT2D eigenvalue weighted by Gasteiger charge is 2.06. The summed E-state index contributed by atoms with van der Waals surface area (Å²) in [5.41, 5.74) is 3.97. The molecule has 5 heteroatoms. The summed E-state index contributed by atoms with van der Waals surface area (Å²) in [6, 6.07) is 13.8. The number of fused-ring (bicyclic) bond motifs is 1. The Hall–Kier alpha value is -2.33. The fourth-order valence-electron chi connectivity index (χ4n) is 2.40. The van der Waals surface area contributed by atoms with Gasteiger partial charge in [0.25, 0.3) is 0 Å². The van der Waals surface area contributed by atoms with E-state index in [9.17, 15) is 4.79 Å². The number of hydrogen-bond donors (Lipinski definition) is 1. The minimum atomic E-state index is 0.0220. The molecular formula is C18H18ClN3O. The number of carbonyl (C=O) groups excluding carboxylic acids is 1. The number of benzene rings is 1. The van der Waals surface area contributed by atoms with Crippen molar-refractivity contribution in [3.8, 4) is 0 Å². The molecule has 0 aliphatic carbocycles. The first-order chi connectivity index (χ1) is 11.1. The average molecular weight is 328 g/mol. The van der Waals surface area contributed by atoms with Gasteiger partial charge in [0, 0.05) is 12.6 Å². The first kappa shape index (κ1) is 15.6. The van der Waals surface area contributed by atoms with E-state index in [2.05, 4.69) is 41.5 Å². The zero-order chi connectivity index (χ0) is 16.2. The number of pyridine rings is 1. The Morgan fingerprint density at radius 1 is 1.22 bits per heavy atom. The van der Waals surface area contributed by atoms with Gasteiger partial charge in [0.1, 0.15) is 10.8 Å². The molecule has 1 N–H and O–H groups in total. The molecule has 0 aliphatic rings. The molecular weight excluding hydrogens is 310 g/mol. The van der Waals surface area contributed by atoms with Crippen LogP contribution in [-0.2, 0) is 17.8 Å². The predicted molar refractivity (Wildman–Crippen MR) is 91.5 cm³/mol. The standard InChI is InChI=1S/C18H18ClN3O/c1-13-5-7-14(8-6-13)9-10-18(23)20-11-15-12-22-16(19)3-2-4-17(22)21-15/h2-8,12H,9-11H2,1H3,(H,20,23). The third-order valence-corrected chi connectivity index (χ3v) is 4.03. The van der Waals surface area contributed by atoms with Crippen LogP contribution in [0.5, 0.6) is 0 Å². The second-order valence-corrected chi connectivity index (χ2v) is 5.96. The minimum absolute atomic E-state index is 0.0220. The van der Waals surface area contributed by atoms with Gasteiger partial charge >= 0.3 is 0 Å². The fourth-order valence-corrected chi connectivity index (χ4v) is 2.61. The number of imidazole rings is 1. The van der Waals surface area contributed by atoms with E-state index < -0.39 is 0 Å². The molecule has 0 unspecified atom stereocenters. The summed E-state index contributed by atoms with van der Waals surface area (Å²) in [4.78, 5) is 16.4. The molecule has 1 aromatic carbocycles. The Bertz CT molecular complexity index is 824. The summed E-state index contributed by atoms with van der Waals surface area (Å²) in [6.45, 7) is 2.46. The number of carbonyl (C=O) groups is 1. The summed E-state index contributed by atoms with van der Waals surface area (Å²) in [5, 5.41) is 3.51. The number of amides is 1. The number of nitrogens with one attached hydrogen (secondary N) is 1. The number of aromatic nitrogens is 2. The summed E-state index contributed by atoms with van der Waals surface area (Å²) < 4.78 is 1.80. The molecule has 2 aromatic heterocycles. The maximum atomic E-state index is 12.0. The lowest BCUT2D eigenvalue weighted by atomic mass is 10.1. The van der Waals surface area contributed by atoms with Crippen LogP contribution in [0.15, 0.2) is 48.7 Å². The largest absolute Gasteiger partial charge is 0.350 e. The van der Waals surface area contributed by atoms with Gasteiger partial charge in [0.2, 0.25) is 5.91 Å². The van der Waals surface area contributed by atoms with Crippen molar-refractivity contribution in [2.75, 3.05) is 0 Å². The quantitative estimate of drug-likeness (QED) is 0.728. The molecule has 0 saturated carbocycles. The average Bonchev–Trinajstić information content (AvgIpc) is 2.97. The first-order valence-corrected chi connectivity index (χ1v) is 7.94. The van der Waals surface area contributed by atoms with Crippen molar-refractivity contribution in [2.45, 2.75) is 26.3 Å². The monoisotopic (exact) mass is 327 g/mol. The molecule has 3 aromatic rings. The predicted octanol–water partition coefficient (Wildman–Crippen LogP) is 3.55. The highest BCUT2D eigenvalue weighted by atomic mass is 35.5. The van der Waals surface area contributed by atoms with E-state index in [4.69, 9.17) is 11.6 Å². The zero-order valence-electron chi connectivity index (χ0n) is 12.9. The van der Waals surface area contributed by atoms with Crippen molar-refractivity contribution in [1.82, 2.24) is 14.7 Å². The molecule has 0 radical (unpaired) electrons. The smallest absolute Gasteiger partial charge is 0.220 e. The van der Waals surface area contributed by atoms with Crippen molar-refractivity contribution < 1.29 is 4.79 Å². The Labute approximate surface area is 140 Å². The van der Waals surface area contributed by atoms with Crippen molar-refractivity contribution in [1.29, 1.82) is 0 Å². The van der Waals surface area contributed by atoms with Crippen molar-refractivity contribution >= 4 is 23.2 Å². The topological polar surface area (TPSA) is 46.4 Å². The summed E-state index contributed by atoms with van der Waals surface area (Å²) >= 11 is 6.10. The fraction of sp³-hybridized carbons (Fsp3) is 0.222. The van der Waals surface area contributed by atoms with Gasteiger partial charge in [-0.15, -0.1) is 0 Å². The normalized spacial score (nSPS) is 10.9. The lowest BCUT2D eigenvalue weighted by molar-refractivity contribution is -0.121. The third kappa shape index (κ3) is 3.90. The van der Waals surface area contributed by atoms with Gasteiger partial charge in [0.05, 0.1) is 12.2 Å². The third-order valence-electron chi connectivity index (χ3n) is 3.72. The molecule has 0 aliphatic heterocycles. The van der Waals surface area contributed by atoms with E-state index in [1.54, 1.807) is 10.5 Å². The van der Waals surface area contributed by atoms with Crippen LogP contribution in [0.1, 0.15) is 23.2 Å². The van der Waals surface area contributed by atoms with E-state index in [1.807, 2.05) is 18.3 Å². The van der Waals surface area contributed by atoms with Crippen LogP contribution >= 0.6 is 11.6 Å². The maximum Gasteiger partial charge on any atom is 0.220 e. The number of rotatable bonds is 5. The van der Waals surface area contributed by atoms with Gasteiger partial charge in [-0.2, -0.15) is 0 Å². The van der Waals surface area contributed by atoms with Crippen molar-refractivity contribution in [3.63, 3.8) is 0 Å². The maximum absolute atomic E-state index is 12.0. The van der Waals surface area contributed by atoms with Crippen LogP contribution in [0.4, 0.5) is 0 Å². The lowest BCUT2D eigenvalue weighted by Crippen LogP contribution is -2.23. The van der Waals surface area contributed by atoms with Crippen LogP contribution in [-0.4, -0.2) is 15.3 Å². The number of hydrogen-bond acceptors (Lipinski definition) is 2. The van der Waals surface area contributed by atoms with Gasteiger partial charge in [0.15, 0.2) is 0 Å². The number of aryl methyl sites for hydroxylation is 2. The highest BCUT2D eigenvalue weighted by Crippen LogP contribution is 2.13. The van der Waals surface area contributed by atoms with Gasteiger partial charge in [-0.05, 0) is 31.0 Å². The van der Waals surface area contributed by atoms with E-state index in [0.717, 1.165) is 17.8 Å². The van der Waals surface area contributed by atoms with Gasteiger partial charge < -0.3 is 5.32 Å². The Morgan fingerprint density at radius 2 is 2.00 bits per heavy atom. The van der Waals surface area contributed by atoms with Gasteiger partial charge in [-0.1, -0.05) is 47.5 Å². The van der Waals surface area contributed by atoms with Crippen molar-refractivity contribution in [3.05, 3.63) is 70.6 Å². The molecule has 0 atom stereocenters. The molecule has 3 rings (SSSR count). The summed E-state index contributed by atoms with van der Waals surface area (Å²) in [5.74, 6) is 0.0220. The molecule has 0 spiro atoms. The highest BCUT2D eigenvalue weighted by molar-refractivity contribution is 6.29. The molecule has 4 nitrogen and oxygen atoms in total. The second kappa shape index (κ2) is 6.84. The van der Waals surface area contributed by atoms with Crippen LogP contribution in [0.3, 0.4) is 0 Å². The van der Waals surface area contributed by atoms with Crippen molar-refractivity contribution in [2.24, 2.45) is 0 Å². The van der Waals surface area contributed by atoms with Crippen LogP contribution in [0.2, 0.25) is 5.15 Å². The van der Waals surface area contributed by atoms with E-state index in [-0.39, 0.29) is 5.91 Å². The molecule has 23 heavy (non-hydrogen) atoms. The van der Waals surface area contributed by atoms with Crippen LogP contribution in [0, 0.1) is 6.92 Å². The number of nitrogens with zero attached hydrogens (tertiary/aromatic N) is 2.